The SMILES string of the molecule is O=C(Nc1c(F)cccc1Br)c1ccccc1S. The molecule has 1 amide bonds. The van der Waals surface area contributed by atoms with Crippen LogP contribution in [0.3, 0.4) is 0 Å². The van der Waals surface area contributed by atoms with Gasteiger partial charge in [-0.3, -0.25) is 4.79 Å². The Labute approximate surface area is 118 Å². The number of nitrogens with one attached hydrogen (secondary N) is 1. The fourth-order valence-electron chi connectivity index (χ4n) is 1.46. The first kappa shape index (κ1) is 13.1. The molecule has 92 valence electrons. The minimum absolute atomic E-state index is 0.124. The molecular formula is C13H9BrFNOS. The molecule has 0 aliphatic carbocycles. The van der Waals surface area contributed by atoms with Gasteiger partial charge in [0.2, 0.25) is 0 Å². The third kappa shape index (κ3) is 2.73. The van der Waals surface area contributed by atoms with E-state index in [1.807, 2.05) is 0 Å². The van der Waals surface area contributed by atoms with E-state index in [0.717, 1.165) is 0 Å². The lowest BCUT2D eigenvalue weighted by molar-refractivity contribution is 0.102. The van der Waals surface area contributed by atoms with E-state index in [9.17, 15) is 9.18 Å². The number of hydrogen-bond acceptors (Lipinski definition) is 2. The highest BCUT2D eigenvalue weighted by atomic mass is 79.9. The van der Waals surface area contributed by atoms with Crippen LogP contribution >= 0.6 is 28.6 Å². The topological polar surface area (TPSA) is 29.1 Å². The zero-order valence-electron chi connectivity index (χ0n) is 9.15. The van der Waals surface area contributed by atoms with Gasteiger partial charge >= 0.3 is 0 Å². The van der Waals surface area contributed by atoms with Gasteiger partial charge < -0.3 is 5.32 Å². The van der Waals surface area contributed by atoms with Crippen molar-refractivity contribution in [3.8, 4) is 0 Å². The summed E-state index contributed by atoms with van der Waals surface area (Å²) in [6, 6.07) is 11.3. The van der Waals surface area contributed by atoms with E-state index in [0.29, 0.717) is 14.9 Å². The van der Waals surface area contributed by atoms with Gasteiger partial charge in [-0.25, -0.2) is 4.39 Å². The van der Waals surface area contributed by atoms with Gasteiger partial charge in [-0.15, -0.1) is 12.6 Å². The van der Waals surface area contributed by atoms with Crippen LogP contribution in [0.2, 0.25) is 0 Å². The number of para-hydroxylation sites is 1. The van der Waals surface area contributed by atoms with E-state index in [4.69, 9.17) is 0 Å². The summed E-state index contributed by atoms with van der Waals surface area (Å²) in [4.78, 5) is 12.5. The quantitative estimate of drug-likeness (QED) is 0.799. The molecule has 0 aliphatic rings. The van der Waals surface area contributed by atoms with Crippen molar-refractivity contribution >= 4 is 40.2 Å². The van der Waals surface area contributed by atoms with Crippen molar-refractivity contribution < 1.29 is 9.18 Å². The first-order chi connectivity index (χ1) is 8.59. The standard InChI is InChI=1S/C13H9BrFNOS/c14-9-5-3-6-10(15)12(9)16-13(17)8-4-1-2-7-11(8)18/h1-7,18H,(H,16,17). The lowest BCUT2D eigenvalue weighted by Gasteiger charge is -2.09. The highest BCUT2D eigenvalue weighted by Gasteiger charge is 2.13. The molecule has 0 atom stereocenters. The van der Waals surface area contributed by atoms with E-state index in [2.05, 4.69) is 33.9 Å². The molecule has 18 heavy (non-hydrogen) atoms. The van der Waals surface area contributed by atoms with Gasteiger partial charge in [-0.2, -0.15) is 0 Å². The third-order valence-corrected chi connectivity index (χ3v) is 3.40. The van der Waals surface area contributed by atoms with Gasteiger partial charge in [-0.1, -0.05) is 18.2 Å². The second-order valence-electron chi connectivity index (χ2n) is 3.57. The molecular weight excluding hydrogens is 317 g/mol. The number of hydrogen-bond donors (Lipinski definition) is 2. The van der Waals surface area contributed by atoms with E-state index < -0.39 is 11.7 Å². The Balaban J connectivity index is 2.30. The summed E-state index contributed by atoms with van der Waals surface area (Å²) < 4.78 is 14.1. The highest BCUT2D eigenvalue weighted by Crippen LogP contribution is 2.26. The molecule has 1 N–H and O–H groups in total. The fourth-order valence-corrected chi connectivity index (χ4v) is 2.17. The molecule has 2 nitrogen and oxygen atoms in total. The molecule has 0 aromatic heterocycles. The fraction of sp³-hybridized carbons (Fsp3) is 0. The van der Waals surface area contributed by atoms with Crippen molar-refractivity contribution in [2.24, 2.45) is 0 Å². The molecule has 0 unspecified atom stereocenters. The Morgan fingerprint density at radius 1 is 1.17 bits per heavy atom. The van der Waals surface area contributed by atoms with Crippen molar-refractivity contribution in [2.45, 2.75) is 4.90 Å². The van der Waals surface area contributed by atoms with E-state index >= 15 is 0 Å². The summed E-state index contributed by atoms with van der Waals surface area (Å²) in [5.74, 6) is -0.888. The number of halogens is 2. The zero-order chi connectivity index (χ0) is 13.1. The average molecular weight is 326 g/mol. The lowest BCUT2D eigenvalue weighted by Crippen LogP contribution is -2.14. The Morgan fingerprint density at radius 3 is 2.56 bits per heavy atom. The maximum Gasteiger partial charge on any atom is 0.256 e. The second-order valence-corrected chi connectivity index (χ2v) is 4.90. The second kappa shape index (κ2) is 5.54. The summed E-state index contributed by atoms with van der Waals surface area (Å²) in [5.41, 5.74) is 0.523. The minimum atomic E-state index is -0.491. The van der Waals surface area contributed by atoms with Crippen molar-refractivity contribution in [2.75, 3.05) is 5.32 Å². The van der Waals surface area contributed by atoms with E-state index in [1.165, 1.54) is 6.07 Å². The van der Waals surface area contributed by atoms with Crippen LogP contribution in [0.5, 0.6) is 0 Å². The Hall–Kier alpha value is -1.33. The molecule has 0 saturated carbocycles. The van der Waals surface area contributed by atoms with Crippen LogP contribution in [0, 0.1) is 5.82 Å². The summed E-state index contributed by atoms with van der Waals surface area (Å²) in [7, 11) is 0. The number of anilines is 1. The van der Waals surface area contributed by atoms with Crippen molar-refractivity contribution in [3.05, 3.63) is 58.3 Å². The normalized spacial score (nSPS) is 10.2. The Kier molecular flexibility index (Phi) is 4.04. The monoisotopic (exact) mass is 325 g/mol. The lowest BCUT2D eigenvalue weighted by atomic mass is 10.2. The Morgan fingerprint density at radius 2 is 1.89 bits per heavy atom. The molecule has 2 aromatic carbocycles. The maximum atomic E-state index is 13.6. The van der Waals surface area contributed by atoms with Gasteiger partial charge in [0.15, 0.2) is 0 Å². The molecule has 0 radical (unpaired) electrons. The van der Waals surface area contributed by atoms with Gasteiger partial charge in [-0.05, 0) is 40.2 Å². The van der Waals surface area contributed by atoms with Crippen LogP contribution in [0.1, 0.15) is 10.4 Å². The van der Waals surface area contributed by atoms with Crippen LogP contribution < -0.4 is 5.32 Å². The van der Waals surface area contributed by atoms with E-state index in [-0.39, 0.29) is 5.69 Å². The van der Waals surface area contributed by atoms with Crippen LogP contribution in [-0.2, 0) is 0 Å². The molecule has 5 heteroatoms. The van der Waals surface area contributed by atoms with Crippen LogP contribution in [0.15, 0.2) is 51.8 Å². The first-order valence-corrected chi connectivity index (χ1v) is 6.37. The van der Waals surface area contributed by atoms with Gasteiger partial charge in [0.05, 0.1) is 11.3 Å². The molecule has 2 rings (SSSR count). The predicted molar refractivity (Wildman–Crippen MR) is 75.7 cm³/mol. The van der Waals surface area contributed by atoms with Crippen molar-refractivity contribution in [1.82, 2.24) is 0 Å². The number of carbonyl (C=O) groups is 1. The predicted octanol–water partition coefficient (Wildman–Crippen LogP) is 4.13. The summed E-state index contributed by atoms with van der Waals surface area (Å²) in [6.45, 7) is 0. The number of carbonyl (C=O) groups excluding carboxylic acids is 1. The first-order valence-electron chi connectivity index (χ1n) is 5.13. The van der Waals surface area contributed by atoms with Crippen LogP contribution in [0.25, 0.3) is 0 Å². The molecule has 0 heterocycles. The van der Waals surface area contributed by atoms with Crippen molar-refractivity contribution in [1.29, 1.82) is 0 Å². The third-order valence-electron chi connectivity index (χ3n) is 2.35. The smallest absolute Gasteiger partial charge is 0.256 e. The van der Waals surface area contributed by atoms with Crippen molar-refractivity contribution in [3.63, 3.8) is 0 Å². The Bertz CT molecular complexity index is 583. The number of amides is 1. The number of benzene rings is 2. The minimum Gasteiger partial charge on any atom is -0.318 e. The van der Waals surface area contributed by atoms with Crippen LogP contribution in [0.4, 0.5) is 10.1 Å². The molecule has 0 spiro atoms. The summed E-state index contributed by atoms with van der Waals surface area (Å²) in [5, 5.41) is 2.53. The number of thiol groups is 1. The number of rotatable bonds is 2. The average Bonchev–Trinajstić information content (AvgIpc) is 2.34. The highest BCUT2D eigenvalue weighted by molar-refractivity contribution is 9.10. The van der Waals surface area contributed by atoms with E-state index in [1.54, 1.807) is 36.4 Å². The summed E-state index contributed by atoms with van der Waals surface area (Å²) >= 11 is 7.38. The van der Waals surface area contributed by atoms with Gasteiger partial charge in [0, 0.05) is 9.37 Å². The molecule has 0 aliphatic heterocycles. The largest absolute Gasteiger partial charge is 0.318 e. The molecule has 2 aromatic rings. The van der Waals surface area contributed by atoms with Crippen LogP contribution in [-0.4, -0.2) is 5.91 Å². The molecule has 0 fully saturated rings. The summed E-state index contributed by atoms with van der Waals surface area (Å²) in [6.07, 6.45) is 0. The molecule has 0 saturated heterocycles. The van der Waals surface area contributed by atoms with Gasteiger partial charge in [0.1, 0.15) is 5.82 Å². The zero-order valence-corrected chi connectivity index (χ0v) is 11.6. The maximum absolute atomic E-state index is 13.6. The molecule has 0 bridgehead atoms. The van der Waals surface area contributed by atoms with Gasteiger partial charge in [0.25, 0.3) is 5.91 Å².